The lowest BCUT2D eigenvalue weighted by atomic mass is 10.2. The summed E-state index contributed by atoms with van der Waals surface area (Å²) in [6.07, 6.45) is 2.10. The third-order valence-electron chi connectivity index (χ3n) is 4.74. The van der Waals surface area contributed by atoms with Gasteiger partial charge in [0.25, 0.3) is 0 Å². The van der Waals surface area contributed by atoms with E-state index < -0.39 is 0 Å². The first-order valence-electron chi connectivity index (χ1n) is 9.81. The fraction of sp³-hybridized carbons (Fsp3) is 0.364. The molecule has 28 heavy (non-hydrogen) atoms. The summed E-state index contributed by atoms with van der Waals surface area (Å²) in [5, 5.41) is 4.04. The van der Waals surface area contributed by atoms with Gasteiger partial charge in [0, 0.05) is 44.8 Å². The van der Waals surface area contributed by atoms with Crippen LogP contribution in [0.3, 0.4) is 0 Å². The SMILES string of the molecule is CCOc1ccc(/C=N/NC(=O)CCN2CCN(c3ccccc3)CC2)cc1. The summed E-state index contributed by atoms with van der Waals surface area (Å²) >= 11 is 0. The standard InChI is InChI=1S/C22H28N4O2/c1-2-28-21-10-8-19(9-11-21)18-23-24-22(27)12-13-25-14-16-26(17-15-25)20-6-4-3-5-7-20/h3-11,18H,2,12-17H2,1H3,(H,24,27)/b23-18+. The van der Waals surface area contributed by atoms with E-state index >= 15 is 0 Å². The molecule has 1 amide bonds. The van der Waals surface area contributed by atoms with Crippen LogP contribution < -0.4 is 15.1 Å². The fourth-order valence-electron chi connectivity index (χ4n) is 3.18. The minimum atomic E-state index is -0.0623. The van der Waals surface area contributed by atoms with Gasteiger partial charge in [0.2, 0.25) is 5.91 Å². The number of ether oxygens (including phenoxy) is 1. The van der Waals surface area contributed by atoms with Crippen LogP contribution in [-0.2, 0) is 4.79 Å². The molecule has 148 valence electrons. The quantitative estimate of drug-likeness (QED) is 0.565. The van der Waals surface area contributed by atoms with Crippen molar-refractivity contribution in [3.63, 3.8) is 0 Å². The van der Waals surface area contributed by atoms with E-state index in [0.29, 0.717) is 13.0 Å². The van der Waals surface area contributed by atoms with E-state index in [2.05, 4.69) is 44.6 Å². The second kappa shape index (κ2) is 10.5. The van der Waals surface area contributed by atoms with Crippen molar-refractivity contribution in [3.8, 4) is 5.75 Å². The number of amides is 1. The molecule has 0 aliphatic carbocycles. The van der Waals surface area contributed by atoms with Crippen LogP contribution in [0.5, 0.6) is 5.75 Å². The van der Waals surface area contributed by atoms with Crippen LogP contribution in [0.4, 0.5) is 5.69 Å². The maximum atomic E-state index is 12.0. The van der Waals surface area contributed by atoms with Gasteiger partial charge in [-0.3, -0.25) is 9.69 Å². The molecule has 1 aliphatic heterocycles. The van der Waals surface area contributed by atoms with Gasteiger partial charge in [-0.15, -0.1) is 0 Å². The Morgan fingerprint density at radius 1 is 1.07 bits per heavy atom. The lowest BCUT2D eigenvalue weighted by molar-refractivity contribution is -0.121. The van der Waals surface area contributed by atoms with Crippen molar-refractivity contribution in [1.29, 1.82) is 0 Å². The molecule has 6 heteroatoms. The number of hydrogen-bond acceptors (Lipinski definition) is 5. The number of piperazine rings is 1. The lowest BCUT2D eigenvalue weighted by Crippen LogP contribution is -2.47. The molecule has 1 aliphatic rings. The van der Waals surface area contributed by atoms with Crippen molar-refractivity contribution in [3.05, 3.63) is 60.2 Å². The van der Waals surface area contributed by atoms with Crippen molar-refractivity contribution in [1.82, 2.24) is 10.3 Å². The summed E-state index contributed by atoms with van der Waals surface area (Å²) in [6.45, 7) is 7.27. The molecular weight excluding hydrogens is 352 g/mol. The van der Waals surface area contributed by atoms with Crippen molar-refractivity contribution in [2.45, 2.75) is 13.3 Å². The summed E-state index contributed by atoms with van der Waals surface area (Å²) in [5.41, 5.74) is 4.79. The maximum Gasteiger partial charge on any atom is 0.241 e. The van der Waals surface area contributed by atoms with Gasteiger partial charge < -0.3 is 9.64 Å². The number of hydrazone groups is 1. The molecule has 0 radical (unpaired) electrons. The highest BCUT2D eigenvalue weighted by molar-refractivity contribution is 5.82. The summed E-state index contributed by atoms with van der Waals surface area (Å²) in [4.78, 5) is 16.7. The molecule has 1 fully saturated rings. The van der Waals surface area contributed by atoms with Gasteiger partial charge in [0.05, 0.1) is 12.8 Å². The molecule has 1 saturated heterocycles. The first kappa shape index (κ1) is 19.9. The molecule has 0 spiro atoms. The number of carbonyl (C=O) groups excluding carboxylic acids is 1. The average Bonchev–Trinajstić information content (AvgIpc) is 2.75. The number of hydrogen-bond donors (Lipinski definition) is 1. The zero-order chi connectivity index (χ0) is 19.6. The highest BCUT2D eigenvalue weighted by Crippen LogP contribution is 2.15. The third kappa shape index (κ3) is 6.09. The highest BCUT2D eigenvalue weighted by Gasteiger charge is 2.17. The molecule has 1 N–H and O–H groups in total. The molecule has 0 aromatic heterocycles. The number of rotatable bonds is 8. The first-order valence-corrected chi connectivity index (χ1v) is 9.81. The van der Waals surface area contributed by atoms with E-state index in [-0.39, 0.29) is 5.91 Å². The van der Waals surface area contributed by atoms with Crippen LogP contribution in [0.2, 0.25) is 0 Å². The first-order chi connectivity index (χ1) is 13.7. The Hall–Kier alpha value is -2.86. The number of benzene rings is 2. The summed E-state index contributed by atoms with van der Waals surface area (Å²) < 4.78 is 5.40. The molecular formula is C22H28N4O2. The molecule has 0 unspecified atom stereocenters. The predicted octanol–water partition coefficient (Wildman–Crippen LogP) is 2.75. The predicted molar refractivity (Wildman–Crippen MR) is 113 cm³/mol. The number of para-hydroxylation sites is 1. The number of anilines is 1. The summed E-state index contributed by atoms with van der Waals surface area (Å²) in [5.74, 6) is 0.767. The molecule has 2 aromatic rings. The van der Waals surface area contributed by atoms with E-state index in [9.17, 15) is 4.79 Å². The van der Waals surface area contributed by atoms with Crippen molar-refractivity contribution in [2.24, 2.45) is 5.10 Å². The minimum Gasteiger partial charge on any atom is -0.494 e. The Morgan fingerprint density at radius 3 is 2.46 bits per heavy atom. The van der Waals surface area contributed by atoms with E-state index in [1.54, 1.807) is 6.21 Å². The highest BCUT2D eigenvalue weighted by atomic mass is 16.5. The van der Waals surface area contributed by atoms with E-state index in [0.717, 1.165) is 44.0 Å². The van der Waals surface area contributed by atoms with Gasteiger partial charge in [-0.2, -0.15) is 5.10 Å². The third-order valence-corrected chi connectivity index (χ3v) is 4.74. The van der Waals surface area contributed by atoms with Gasteiger partial charge >= 0.3 is 0 Å². The van der Waals surface area contributed by atoms with E-state index in [4.69, 9.17) is 4.74 Å². The topological polar surface area (TPSA) is 57.2 Å². The van der Waals surface area contributed by atoms with Crippen molar-refractivity contribution in [2.75, 3.05) is 44.2 Å². The maximum absolute atomic E-state index is 12.0. The van der Waals surface area contributed by atoms with Crippen LogP contribution in [-0.4, -0.2) is 56.4 Å². The second-order valence-electron chi connectivity index (χ2n) is 6.71. The Balaban J connectivity index is 1.34. The molecule has 1 heterocycles. The zero-order valence-corrected chi connectivity index (χ0v) is 16.4. The normalized spacial score (nSPS) is 15.0. The van der Waals surface area contributed by atoms with Gasteiger partial charge in [-0.25, -0.2) is 5.43 Å². The average molecular weight is 380 g/mol. The Labute approximate surface area is 166 Å². The van der Waals surface area contributed by atoms with Crippen LogP contribution in [0.15, 0.2) is 59.7 Å². The summed E-state index contributed by atoms with van der Waals surface area (Å²) in [6, 6.07) is 18.1. The molecule has 3 rings (SSSR count). The van der Waals surface area contributed by atoms with Gasteiger partial charge in [-0.1, -0.05) is 18.2 Å². The van der Waals surface area contributed by atoms with Crippen molar-refractivity contribution < 1.29 is 9.53 Å². The largest absolute Gasteiger partial charge is 0.494 e. The van der Waals surface area contributed by atoms with Crippen LogP contribution in [0.25, 0.3) is 0 Å². The fourth-order valence-corrected chi connectivity index (χ4v) is 3.18. The molecule has 0 saturated carbocycles. The number of nitrogens with one attached hydrogen (secondary N) is 1. The second-order valence-corrected chi connectivity index (χ2v) is 6.71. The van der Waals surface area contributed by atoms with Gasteiger partial charge in [0.15, 0.2) is 0 Å². The van der Waals surface area contributed by atoms with E-state index in [1.807, 2.05) is 37.3 Å². The number of carbonyl (C=O) groups is 1. The van der Waals surface area contributed by atoms with Crippen LogP contribution in [0, 0.1) is 0 Å². The molecule has 0 bridgehead atoms. The smallest absolute Gasteiger partial charge is 0.241 e. The molecule has 6 nitrogen and oxygen atoms in total. The van der Waals surface area contributed by atoms with Crippen molar-refractivity contribution >= 4 is 17.8 Å². The number of nitrogens with zero attached hydrogens (tertiary/aromatic N) is 3. The van der Waals surface area contributed by atoms with Gasteiger partial charge in [-0.05, 0) is 48.9 Å². The Bertz CT molecular complexity index is 754. The van der Waals surface area contributed by atoms with Crippen LogP contribution >= 0.6 is 0 Å². The van der Waals surface area contributed by atoms with Crippen LogP contribution in [0.1, 0.15) is 18.9 Å². The minimum absolute atomic E-state index is 0.0623. The zero-order valence-electron chi connectivity index (χ0n) is 16.4. The Morgan fingerprint density at radius 2 is 1.79 bits per heavy atom. The molecule has 0 atom stereocenters. The Kier molecular flexibility index (Phi) is 7.44. The van der Waals surface area contributed by atoms with E-state index in [1.165, 1.54) is 5.69 Å². The lowest BCUT2D eigenvalue weighted by Gasteiger charge is -2.36. The van der Waals surface area contributed by atoms with Gasteiger partial charge in [0.1, 0.15) is 5.75 Å². The molecule has 2 aromatic carbocycles. The summed E-state index contributed by atoms with van der Waals surface area (Å²) in [7, 11) is 0. The monoisotopic (exact) mass is 380 g/mol.